The molecule has 0 aliphatic carbocycles. The molecule has 2 fully saturated rings. The van der Waals surface area contributed by atoms with Gasteiger partial charge in [0.25, 0.3) is 5.91 Å². The SMILES string of the molecule is Cc1sc2ncnc(N3CCC(C(=O)Nc4ccccc4C(=O)N4CCCCC4)CC3)c2c1C. The van der Waals surface area contributed by atoms with Gasteiger partial charge >= 0.3 is 0 Å². The van der Waals surface area contributed by atoms with Gasteiger partial charge in [0.1, 0.15) is 17.0 Å². The highest BCUT2D eigenvalue weighted by molar-refractivity contribution is 7.18. The Hall–Kier alpha value is -3.00. The largest absolute Gasteiger partial charge is 0.356 e. The van der Waals surface area contributed by atoms with Crippen molar-refractivity contribution >= 4 is 44.9 Å². The summed E-state index contributed by atoms with van der Waals surface area (Å²) in [5, 5.41) is 4.21. The van der Waals surface area contributed by atoms with E-state index in [1.807, 2.05) is 29.2 Å². The van der Waals surface area contributed by atoms with Gasteiger partial charge in [0, 0.05) is 37.0 Å². The molecule has 0 bridgehead atoms. The van der Waals surface area contributed by atoms with Gasteiger partial charge in [-0.15, -0.1) is 11.3 Å². The predicted molar refractivity (Wildman–Crippen MR) is 137 cm³/mol. The van der Waals surface area contributed by atoms with Gasteiger partial charge in [-0.3, -0.25) is 9.59 Å². The van der Waals surface area contributed by atoms with E-state index >= 15 is 0 Å². The van der Waals surface area contributed by atoms with Crippen LogP contribution < -0.4 is 10.2 Å². The first kappa shape index (κ1) is 22.8. The lowest BCUT2D eigenvalue weighted by atomic mass is 9.95. The number of aryl methyl sites for hydroxylation is 2. The molecule has 8 heteroatoms. The summed E-state index contributed by atoms with van der Waals surface area (Å²) in [7, 11) is 0. The fourth-order valence-corrected chi connectivity index (χ4v) is 6.03. The third-order valence-electron chi connectivity index (χ3n) is 7.17. The summed E-state index contributed by atoms with van der Waals surface area (Å²) < 4.78 is 0. The van der Waals surface area contributed by atoms with E-state index in [-0.39, 0.29) is 17.7 Å². The van der Waals surface area contributed by atoms with E-state index in [1.165, 1.54) is 16.9 Å². The molecule has 7 nitrogen and oxygen atoms in total. The van der Waals surface area contributed by atoms with Crippen LogP contribution in [0.15, 0.2) is 30.6 Å². The molecule has 0 atom stereocenters. The van der Waals surface area contributed by atoms with Crippen molar-refractivity contribution in [2.45, 2.75) is 46.0 Å². The minimum Gasteiger partial charge on any atom is -0.356 e. The number of anilines is 2. The normalized spacial score (nSPS) is 17.2. The summed E-state index contributed by atoms with van der Waals surface area (Å²) in [6.07, 6.45) is 6.41. The number of amides is 2. The molecule has 0 saturated carbocycles. The number of aromatic nitrogens is 2. The molecule has 2 saturated heterocycles. The van der Waals surface area contributed by atoms with Gasteiger partial charge in [-0.05, 0) is 63.6 Å². The number of carbonyl (C=O) groups is 2. The number of hydrogen-bond acceptors (Lipinski definition) is 6. The quantitative estimate of drug-likeness (QED) is 0.585. The summed E-state index contributed by atoms with van der Waals surface area (Å²) in [6, 6.07) is 7.39. The molecule has 4 heterocycles. The van der Waals surface area contributed by atoms with E-state index < -0.39 is 0 Å². The van der Waals surface area contributed by atoms with Crippen LogP contribution in [0.3, 0.4) is 0 Å². The number of para-hydroxylation sites is 1. The first-order chi connectivity index (χ1) is 16.5. The highest BCUT2D eigenvalue weighted by Crippen LogP contribution is 2.35. The molecule has 3 aromatic rings. The van der Waals surface area contributed by atoms with E-state index in [0.29, 0.717) is 11.3 Å². The summed E-state index contributed by atoms with van der Waals surface area (Å²) in [5.41, 5.74) is 2.44. The lowest BCUT2D eigenvalue weighted by molar-refractivity contribution is -0.120. The van der Waals surface area contributed by atoms with Crippen molar-refractivity contribution in [2.24, 2.45) is 5.92 Å². The van der Waals surface area contributed by atoms with Crippen LogP contribution in [0.2, 0.25) is 0 Å². The molecule has 1 aromatic carbocycles. The average Bonchev–Trinajstić information content (AvgIpc) is 3.18. The summed E-state index contributed by atoms with van der Waals surface area (Å²) in [5.74, 6) is 0.897. The topological polar surface area (TPSA) is 78.4 Å². The third-order valence-corrected chi connectivity index (χ3v) is 8.28. The van der Waals surface area contributed by atoms with Crippen molar-refractivity contribution in [3.8, 4) is 0 Å². The Morgan fingerprint density at radius 2 is 1.74 bits per heavy atom. The Morgan fingerprint density at radius 3 is 2.50 bits per heavy atom. The Balaban J connectivity index is 1.26. The number of thiophene rings is 1. The summed E-state index contributed by atoms with van der Waals surface area (Å²) in [4.78, 5) is 41.7. The monoisotopic (exact) mass is 477 g/mol. The summed E-state index contributed by atoms with van der Waals surface area (Å²) in [6.45, 7) is 7.37. The first-order valence-electron chi connectivity index (χ1n) is 12.2. The molecule has 0 radical (unpaired) electrons. The van der Waals surface area contributed by atoms with Gasteiger partial charge in [-0.1, -0.05) is 12.1 Å². The van der Waals surface area contributed by atoms with Crippen LogP contribution >= 0.6 is 11.3 Å². The molecule has 0 spiro atoms. The van der Waals surface area contributed by atoms with Crippen LogP contribution in [0.5, 0.6) is 0 Å². The van der Waals surface area contributed by atoms with Crippen molar-refractivity contribution in [1.29, 1.82) is 0 Å². The van der Waals surface area contributed by atoms with Crippen LogP contribution in [-0.2, 0) is 4.79 Å². The number of piperidine rings is 2. The lowest BCUT2D eigenvalue weighted by Crippen LogP contribution is -2.39. The average molecular weight is 478 g/mol. The van der Waals surface area contributed by atoms with Crippen LogP contribution in [0.25, 0.3) is 10.2 Å². The zero-order valence-electron chi connectivity index (χ0n) is 19.8. The van der Waals surface area contributed by atoms with Crippen LogP contribution in [0.4, 0.5) is 11.5 Å². The molecule has 2 amide bonds. The zero-order valence-corrected chi connectivity index (χ0v) is 20.7. The molecule has 5 rings (SSSR count). The minimum atomic E-state index is -0.0861. The fraction of sp³-hybridized carbons (Fsp3) is 0.462. The molecule has 1 N–H and O–H groups in total. The number of nitrogens with zero attached hydrogens (tertiary/aromatic N) is 4. The maximum atomic E-state index is 13.2. The Morgan fingerprint density at radius 1 is 1.00 bits per heavy atom. The standard InChI is InChI=1S/C26H31N5O2S/c1-17-18(2)34-25-22(17)23(27-16-28-25)30-14-10-19(11-15-30)24(32)29-21-9-5-4-8-20(21)26(33)31-12-6-3-7-13-31/h4-5,8-9,16,19H,3,6-7,10-15H2,1-2H3,(H,29,32). The van der Waals surface area contributed by atoms with Crippen LogP contribution in [0.1, 0.15) is 52.9 Å². The summed E-state index contributed by atoms with van der Waals surface area (Å²) >= 11 is 1.70. The maximum absolute atomic E-state index is 13.2. The second-order valence-electron chi connectivity index (χ2n) is 9.31. The van der Waals surface area contributed by atoms with Gasteiger partial charge in [0.05, 0.1) is 16.6 Å². The first-order valence-corrected chi connectivity index (χ1v) is 13.0. The number of fused-ring (bicyclic) bond motifs is 1. The number of benzene rings is 1. The second kappa shape index (κ2) is 9.70. The molecule has 2 aliphatic heterocycles. The predicted octanol–water partition coefficient (Wildman–Crippen LogP) is 4.79. The molecule has 178 valence electrons. The fourth-order valence-electron chi connectivity index (χ4n) is 5.04. The Labute approximate surface area is 204 Å². The van der Waals surface area contributed by atoms with Crippen molar-refractivity contribution in [3.05, 3.63) is 46.6 Å². The molecular formula is C26H31N5O2S. The minimum absolute atomic E-state index is 0.00561. The molecule has 2 aromatic heterocycles. The van der Waals surface area contributed by atoms with Gasteiger partial charge in [0.15, 0.2) is 0 Å². The van der Waals surface area contributed by atoms with E-state index in [1.54, 1.807) is 17.7 Å². The molecule has 2 aliphatic rings. The van der Waals surface area contributed by atoms with Gasteiger partial charge in [0.2, 0.25) is 5.91 Å². The van der Waals surface area contributed by atoms with Crippen molar-refractivity contribution in [3.63, 3.8) is 0 Å². The van der Waals surface area contributed by atoms with Crippen molar-refractivity contribution < 1.29 is 9.59 Å². The highest BCUT2D eigenvalue weighted by Gasteiger charge is 2.29. The van der Waals surface area contributed by atoms with Gasteiger partial charge < -0.3 is 15.1 Å². The molecule has 34 heavy (non-hydrogen) atoms. The van der Waals surface area contributed by atoms with Gasteiger partial charge in [-0.25, -0.2) is 9.97 Å². The van der Waals surface area contributed by atoms with Gasteiger partial charge in [-0.2, -0.15) is 0 Å². The number of likely N-dealkylation sites (tertiary alicyclic amines) is 1. The number of nitrogens with one attached hydrogen (secondary N) is 1. The van der Waals surface area contributed by atoms with E-state index in [4.69, 9.17) is 0 Å². The Bertz CT molecular complexity index is 1210. The maximum Gasteiger partial charge on any atom is 0.255 e. The lowest BCUT2D eigenvalue weighted by Gasteiger charge is -2.32. The van der Waals surface area contributed by atoms with Crippen molar-refractivity contribution in [2.75, 3.05) is 36.4 Å². The number of hydrogen-bond donors (Lipinski definition) is 1. The van der Waals surface area contributed by atoms with Crippen molar-refractivity contribution in [1.82, 2.24) is 14.9 Å². The highest BCUT2D eigenvalue weighted by atomic mass is 32.1. The number of rotatable bonds is 4. The molecular weight excluding hydrogens is 446 g/mol. The third kappa shape index (κ3) is 4.39. The number of carbonyl (C=O) groups excluding carboxylic acids is 2. The van der Waals surface area contributed by atoms with E-state index in [9.17, 15) is 9.59 Å². The van der Waals surface area contributed by atoms with E-state index in [0.717, 1.165) is 67.9 Å². The second-order valence-corrected chi connectivity index (χ2v) is 10.5. The Kier molecular flexibility index (Phi) is 6.50. The van der Waals surface area contributed by atoms with Crippen LogP contribution in [0, 0.1) is 19.8 Å². The van der Waals surface area contributed by atoms with Crippen LogP contribution in [-0.4, -0.2) is 52.9 Å². The molecule has 0 unspecified atom stereocenters. The van der Waals surface area contributed by atoms with E-state index in [2.05, 4.69) is 34.0 Å². The zero-order chi connectivity index (χ0) is 23.7. The smallest absolute Gasteiger partial charge is 0.255 e.